The van der Waals surface area contributed by atoms with Crippen molar-refractivity contribution >= 4 is 45.7 Å². The van der Waals surface area contributed by atoms with E-state index in [1.807, 2.05) is 67.6 Å². The number of carbonyl (C=O) groups excluding carboxylic acids is 2. The van der Waals surface area contributed by atoms with Crippen LogP contribution in [0, 0.1) is 0 Å². The Kier molecular flexibility index (Phi) is 8.99. The number of ketones is 1. The van der Waals surface area contributed by atoms with Crippen molar-refractivity contribution in [3.8, 4) is 11.5 Å². The van der Waals surface area contributed by atoms with E-state index in [0.29, 0.717) is 40.0 Å². The molecule has 1 N–H and O–H groups in total. The molecule has 0 aliphatic carbocycles. The second-order valence-electron chi connectivity index (χ2n) is 10.9. The van der Waals surface area contributed by atoms with Gasteiger partial charge in [-0.3, -0.25) is 14.5 Å². The molecule has 1 fully saturated rings. The lowest BCUT2D eigenvalue weighted by molar-refractivity contribution is -0.132. The lowest BCUT2D eigenvalue weighted by atomic mass is 9.94. The highest BCUT2D eigenvalue weighted by Gasteiger charge is 2.48. The maximum absolute atomic E-state index is 13.7. The van der Waals surface area contributed by atoms with E-state index in [1.54, 1.807) is 12.1 Å². The zero-order valence-corrected chi connectivity index (χ0v) is 26.2. The van der Waals surface area contributed by atoms with Gasteiger partial charge in [0.1, 0.15) is 23.4 Å². The Morgan fingerprint density at radius 2 is 1.91 bits per heavy atom. The Bertz CT molecular complexity index is 1700. The molecule has 2 atom stereocenters. The minimum absolute atomic E-state index is 0.00117. The maximum Gasteiger partial charge on any atom is 0.301 e. The molecule has 0 spiro atoms. The van der Waals surface area contributed by atoms with E-state index in [9.17, 15) is 14.7 Å². The van der Waals surface area contributed by atoms with E-state index >= 15 is 0 Å². The summed E-state index contributed by atoms with van der Waals surface area (Å²) in [6.07, 6.45) is 3.79. The van der Waals surface area contributed by atoms with Gasteiger partial charge in [-0.15, -0.1) is 10.2 Å². The van der Waals surface area contributed by atoms with Crippen LogP contribution >= 0.6 is 23.1 Å². The number of rotatable bonds is 11. The quantitative estimate of drug-likeness (QED) is 0.0460. The van der Waals surface area contributed by atoms with Gasteiger partial charge in [-0.25, -0.2) is 0 Å². The molecule has 0 unspecified atom stereocenters. The number of unbranched alkanes of at least 4 members (excludes halogenated alkanes) is 2. The predicted molar refractivity (Wildman–Crippen MR) is 172 cm³/mol. The van der Waals surface area contributed by atoms with Crippen LogP contribution in [0.15, 0.2) is 82.7 Å². The lowest BCUT2D eigenvalue weighted by Gasteiger charge is -2.23. The topological polar surface area (TPSA) is 102 Å². The molecule has 2 aliphatic rings. The average molecular weight is 628 g/mol. The van der Waals surface area contributed by atoms with Crippen molar-refractivity contribution in [3.05, 3.63) is 101 Å². The SMILES string of the molecule is CCCCCOc1cccc([C@@H]2C(=C(O)c3ccc4c(c3)C[C@@H](C)O4)C(=O)C(=O)N2c2nnc(SCc3ccccc3)s2)c1. The van der Waals surface area contributed by atoms with Crippen LogP contribution in [0.5, 0.6) is 11.5 Å². The number of benzene rings is 3. The van der Waals surface area contributed by atoms with Crippen LogP contribution in [0.25, 0.3) is 5.76 Å². The monoisotopic (exact) mass is 627 g/mol. The van der Waals surface area contributed by atoms with Crippen LogP contribution in [-0.2, 0) is 21.8 Å². The fourth-order valence-corrected chi connectivity index (χ4v) is 7.29. The predicted octanol–water partition coefficient (Wildman–Crippen LogP) is 7.35. The highest BCUT2D eigenvalue weighted by molar-refractivity contribution is 8.00. The van der Waals surface area contributed by atoms with E-state index in [-0.39, 0.29) is 22.6 Å². The van der Waals surface area contributed by atoms with E-state index in [4.69, 9.17) is 9.47 Å². The normalized spacial score (nSPS) is 18.8. The van der Waals surface area contributed by atoms with E-state index in [1.165, 1.54) is 28.0 Å². The number of carbonyl (C=O) groups is 2. The number of fused-ring (bicyclic) bond motifs is 1. The number of aliphatic hydroxyl groups excluding tert-OH is 1. The molecule has 1 saturated heterocycles. The number of hydrogen-bond acceptors (Lipinski definition) is 9. The molecule has 3 heterocycles. The summed E-state index contributed by atoms with van der Waals surface area (Å²) in [4.78, 5) is 28.8. The average Bonchev–Trinajstić information content (AvgIpc) is 3.73. The standard InChI is InChI=1S/C34H33N3O5S2/c1-3-4-8-16-41-26-13-9-12-23(19-26)29-28(30(38)24-14-15-27-25(18-24)17-21(2)42-27)31(39)32(40)37(29)33-35-36-34(44-33)43-20-22-10-6-5-7-11-22/h5-7,9-15,18-19,21,29,38H,3-4,8,16-17,20H2,1-2H3/t21-,29-/m1/s1. The van der Waals surface area contributed by atoms with Gasteiger partial charge in [-0.2, -0.15) is 0 Å². The molecule has 6 rings (SSSR count). The molecule has 1 aromatic heterocycles. The van der Waals surface area contributed by atoms with E-state index in [0.717, 1.165) is 36.1 Å². The zero-order chi connectivity index (χ0) is 30.6. The molecule has 44 heavy (non-hydrogen) atoms. The first kappa shape index (κ1) is 29.9. The number of thioether (sulfide) groups is 1. The summed E-state index contributed by atoms with van der Waals surface area (Å²) < 4.78 is 12.5. The molecule has 10 heteroatoms. The molecule has 2 aliphatic heterocycles. The largest absolute Gasteiger partial charge is 0.507 e. The molecule has 0 bridgehead atoms. The Hall–Kier alpha value is -4.15. The Morgan fingerprint density at radius 3 is 2.73 bits per heavy atom. The summed E-state index contributed by atoms with van der Waals surface area (Å²) in [5.74, 6) is 0.295. The van der Waals surface area contributed by atoms with Crippen molar-refractivity contribution in [2.24, 2.45) is 0 Å². The number of hydrogen-bond donors (Lipinski definition) is 1. The Balaban J connectivity index is 1.38. The van der Waals surface area contributed by atoms with Crippen molar-refractivity contribution in [2.75, 3.05) is 11.5 Å². The second-order valence-corrected chi connectivity index (χ2v) is 13.1. The number of aliphatic hydroxyl groups is 1. The molecule has 3 aromatic carbocycles. The fraction of sp³-hybridized carbons (Fsp3) is 0.294. The van der Waals surface area contributed by atoms with Gasteiger partial charge in [-0.05, 0) is 60.4 Å². The van der Waals surface area contributed by atoms with Crippen LogP contribution in [-0.4, -0.2) is 39.7 Å². The Morgan fingerprint density at radius 1 is 1.07 bits per heavy atom. The highest BCUT2D eigenvalue weighted by Crippen LogP contribution is 2.45. The lowest BCUT2D eigenvalue weighted by Crippen LogP contribution is -2.29. The first-order valence-electron chi connectivity index (χ1n) is 14.8. The summed E-state index contributed by atoms with van der Waals surface area (Å²) in [6, 6.07) is 21.8. The van der Waals surface area contributed by atoms with Crippen LogP contribution in [0.3, 0.4) is 0 Å². The number of amides is 1. The van der Waals surface area contributed by atoms with Gasteiger partial charge < -0.3 is 14.6 Å². The van der Waals surface area contributed by atoms with Gasteiger partial charge in [0.05, 0.1) is 18.2 Å². The summed E-state index contributed by atoms with van der Waals surface area (Å²) in [5.41, 5.74) is 3.16. The molecular weight excluding hydrogens is 595 g/mol. The fourth-order valence-electron chi connectivity index (χ4n) is 5.46. The van der Waals surface area contributed by atoms with Crippen molar-refractivity contribution in [2.45, 2.75) is 61.8 Å². The summed E-state index contributed by atoms with van der Waals surface area (Å²) in [7, 11) is 0. The van der Waals surface area contributed by atoms with Crippen LogP contribution < -0.4 is 14.4 Å². The smallest absolute Gasteiger partial charge is 0.301 e. The van der Waals surface area contributed by atoms with E-state index in [2.05, 4.69) is 17.1 Å². The third kappa shape index (κ3) is 6.23. The first-order valence-corrected chi connectivity index (χ1v) is 16.6. The van der Waals surface area contributed by atoms with Crippen molar-refractivity contribution in [3.63, 3.8) is 0 Å². The van der Waals surface area contributed by atoms with Crippen molar-refractivity contribution in [1.29, 1.82) is 0 Å². The van der Waals surface area contributed by atoms with Gasteiger partial charge in [0.25, 0.3) is 5.78 Å². The van der Waals surface area contributed by atoms with Gasteiger partial charge in [0.2, 0.25) is 5.13 Å². The van der Waals surface area contributed by atoms with Gasteiger partial charge in [0, 0.05) is 17.7 Å². The molecule has 1 amide bonds. The third-order valence-electron chi connectivity index (χ3n) is 7.61. The van der Waals surface area contributed by atoms with Gasteiger partial charge in [0.15, 0.2) is 4.34 Å². The van der Waals surface area contributed by atoms with Crippen molar-refractivity contribution < 1.29 is 24.2 Å². The molecule has 4 aromatic rings. The van der Waals surface area contributed by atoms with Crippen molar-refractivity contribution in [1.82, 2.24) is 10.2 Å². The zero-order valence-electron chi connectivity index (χ0n) is 24.6. The van der Waals surface area contributed by atoms with Crippen LogP contribution in [0.1, 0.15) is 61.4 Å². The van der Waals surface area contributed by atoms with Crippen LogP contribution in [0.2, 0.25) is 0 Å². The number of anilines is 1. The minimum atomic E-state index is -0.919. The molecule has 0 radical (unpaired) electrons. The van der Waals surface area contributed by atoms with Crippen LogP contribution in [0.4, 0.5) is 5.13 Å². The number of nitrogens with zero attached hydrogens (tertiary/aromatic N) is 3. The highest BCUT2D eigenvalue weighted by atomic mass is 32.2. The second kappa shape index (κ2) is 13.2. The summed E-state index contributed by atoms with van der Waals surface area (Å²) in [5, 5.41) is 20.6. The maximum atomic E-state index is 13.7. The molecule has 226 valence electrons. The first-order chi connectivity index (χ1) is 21.4. The van der Waals surface area contributed by atoms with E-state index < -0.39 is 17.7 Å². The number of aromatic nitrogens is 2. The Labute approximate surface area is 264 Å². The molecular formula is C34H33N3O5S2. The number of ether oxygens (including phenoxy) is 2. The van der Waals surface area contributed by atoms with Gasteiger partial charge >= 0.3 is 5.91 Å². The third-order valence-corrected chi connectivity index (χ3v) is 9.74. The molecule has 8 nitrogen and oxygen atoms in total. The summed E-state index contributed by atoms with van der Waals surface area (Å²) in [6.45, 7) is 4.68. The number of Topliss-reactive ketones (excluding diaryl/α,β-unsaturated/α-hetero) is 1. The summed E-state index contributed by atoms with van der Waals surface area (Å²) >= 11 is 2.76. The minimum Gasteiger partial charge on any atom is -0.507 e. The van der Waals surface area contributed by atoms with Gasteiger partial charge in [-0.1, -0.05) is 85.3 Å². The molecule has 0 saturated carbocycles.